The molecule has 0 saturated heterocycles. The summed E-state index contributed by atoms with van der Waals surface area (Å²) >= 11 is 0. The van der Waals surface area contributed by atoms with E-state index >= 15 is 0 Å². The number of anilines is 2. The zero-order chi connectivity index (χ0) is 13.9. The Labute approximate surface area is 113 Å². The molecule has 0 amide bonds. The van der Waals surface area contributed by atoms with Crippen molar-refractivity contribution < 1.29 is 14.6 Å². The lowest BCUT2D eigenvalue weighted by Gasteiger charge is -2.10. The third-order valence-corrected chi connectivity index (χ3v) is 2.34. The highest BCUT2D eigenvalue weighted by Gasteiger charge is 2.03. The van der Waals surface area contributed by atoms with Gasteiger partial charge in [0.15, 0.2) is 0 Å². The average molecular weight is 269 g/mol. The molecule has 1 aromatic heterocycles. The van der Waals surface area contributed by atoms with Crippen molar-refractivity contribution in [3.8, 4) is 5.88 Å². The topological polar surface area (TPSA) is 89.6 Å². The van der Waals surface area contributed by atoms with Crippen LogP contribution in [-0.4, -0.2) is 43.1 Å². The van der Waals surface area contributed by atoms with E-state index in [4.69, 9.17) is 20.3 Å². The van der Waals surface area contributed by atoms with Gasteiger partial charge in [-0.05, 0) is 25.0 Å². The largest absolute Gasteiger partial charge is 0.476 e. The minimum atomic E-state index is 0.0606. The molecule has 6 nitrogen and oxygen atoms in total. The average Bonchev–Trinajstić information content (AvgIpc) is 2.43. The van der Waals surface area contributed by atoms with Crippen LogP contribution in [-0.2, 0) is 4.74 Å². The van der Waals surface area contributed by atoms with E-state index in [9.17, 15) is 0 Å². The van der Waals surface area contributed by atoms with Gasteiger partial charge in [0, 0.05) is 13.2 Å². The first-order valence-corrected chi connectivity index (χ1v) is 6.59. The summed E-state index contributed by atoms with van der Waals surface area (Å²) in [5, 5.41) is 11.7. The van der Waals surface area contributed by atoms with Crippen molar-refractivity contribution >= 4 is 11.5 Å². The molecule has 1 heterocycles. The van der Waals surface area contributed by atoms with Crippen LogP contribution in [0.5, 0.6) is 5.88 Å². The first-order chi connectivity index (χ1) is 9.27. The number of nitrogens with zero attached hydrogens (tertiary/aromatic N) is 1. The number of nitrogens with two attached hydrogens (primary N) is 1. The molecule has 0 bridgehead atoms. The molecule has 0 spiro atoms. The second kappa shape index (κ2) is 9.41. The van der Waals surface area contributed by atoms with Crippen LogP contribution in [0.15, 0.2) is 12.1 Å². The molecule has 19 heavy (non-hydrogen) atoms. The third-order valence-electron chi connectivity index (χ3n) is 2.34. The van der Waals surface area contributed by atoms with E-state index in [0.29, 0.717) is 31.4 Å². The van der Waals surface area contributed by atoms with Crippen molar-refractivity contribution in [3.63, 3.8) is 0 Å². The number of rotatable bonds is 10. The zero-order valence-corrected chi connectivity index (χ0v) is 11.4. The number of pyridine rings is 1. The van der Waals surface area contributed by atoms with Gasteiger partial charge in [-0.1, -0.05) is 6.92 Å². The normalized spacial score (nSPS) is 10.4. The highest BCUT2D eigenvalue weighted by molar-refractivity contribution is 5.53. The molecule has 0 radical (unpaired) electrons. The van der Waals surface area contributed by atoms with Crippen LogP contribution in [0.2, 0.25) is 0 Å². The molecule has 1 rings (SSSR count). The molecular formula is C13H23N3O3. The first kappa shape index (κ1) is 15.5. The van der Waals surface area contributed by atoms with Gasteiger partial charge in [-0.2, -0.15) is 4.98 Å². The monoisotopic (exact) mass is 269 g/mol. The van der Waals surface area contributed by atoms with Crippen LogP contribution in [0, 0.1) is 0 Å². The van der Waals surface area contributed by atoms with Gasteiger partial charge in [0.2, 0.25) is 5.88 Å². The van der Waals surface area contributed by atoms with Gasteiger partial charge in [-0.3, -0.25) is 0 Å². The molecule has 0 aliphatic heterocycles. The van der Waals surface area contributed by atoms with Gasteiger partial charge in [-0.25, -0.2) is 0 Å². The Balaban J connectivity index is 2.33. The van der Waals surface area contributed by atoms with Gasteiger partial charge < -0.3 is 25.6 Å². The van der Waals surface area contributed by atoms with Crippen LogP contribution < -0.4 is 15.8 Å². The van der Waals surface area contributed by atoms with Crippen molar-refractivity contribution in [1.29, 1.82) is 0 Å². The summed E-state index contributed by atoms with van der Waals surface area (Å²) in [5.74, 6) is 1.21. The molecular weight excluding hydrogens is 246 g/mol. The van der Waals surface area contributed by atoms with Crippen molar-refractivity contribution in [2.75, 3.05) is 44.0 Å². The fraction of sp³-hybridized carbons (Fsp3) is 0.615. The lowest BCUT2D eigenvalue weighted by atomic mass is 10.3. The second-order valence-electron chi connectivity index (χ2n) is 4.06. The number of aromatic nitrogens is 1. The minimum Gasteiger partial charge on any atom is -0.476 e. The third kappa shape index (κ3) is 6.26. The van der Waals surface area contributed by atoms with E-state index in [0.717, 1.165) is 25.2 Å². The number of nitrogens with one attached hydrogen (secondary N) is 1. The Morgan fingerprint density at radius 3 is 2.89 bits per heavy atom. The summed E-state index contributed by atoms with van der Waals surface area (Å²) < 4.78 is 10.6. The van der Waals surface area contributed by atoms with Gasteiger partial charge in [0.05, 0.1) is 25.5 Å². The number of nitrogen functional groups attached to an aromatic ring is 1. The van der Waals surface area contributed by atoms with E-state index in [1.54, 1.807) is 6.07 Å². The van der Waals surface area contributed by atoms with Crippen LogP contribution >= 0.6 is 0 Å². The lowest BCUT2D eigenvalue weighted by Crippen LogP contribution is -2.09. The maximum Gasteiger partial charge on any atom is 0.239 e. The highest BCUT2D eigenvalue weighted by Crippen LogP contribution is 2.20. The Morgan fingerprint density at radius 1 is 1.32 bits per heavy atom. The first-order valence-electron chi connectivity index (χ1n) is 6.59. The van der Waals surface area contributed by atoms with E-state index in [1.165, 1.54) is 0 Å². The molecule has 0 aliphatic rings. The summed E-state index contributed by atoms with van der Waals surface area (Å²) in [6, 6.07) is 3.60. The summed E-state index contributed by atoms with van der Waals surface area (Å²) in [5.41, 5.74) is 6.33. The summed E-state index contributed by atoms with van der Waals surface area (Å²) in [4.78, 5) is 4.30. The minimum absolute atomic E-state index is 0.0606. The predicted octanol–water partition coefficient (Wildman–Crippen LogP) is 1.26. The molecule has 0 aromatic carbocycles. The molecule has 4 N–H and O–H groups in total. The number of ether oxygens (including phenoxy) is 2. The van der Waals surface area contributed by atoms with Crippen molar-refractivity contribution in [2.45, 2.75) is 19.8 Å². The molecule has 0 fully saturated rings. The molecule has 0 unspecified atom stereocenters. The summed E-state index contributed by atoms with van der Waals surface area (Å²) in [7, 11) is 0. The molecule has 0 atom stereocenters. The second-order valence-corrected chi connectivity index (χ2v) is 4.06. The fourth-order valence-corrected chi connectivity index (χ4v) is 1.42. The zero-order valence-electron chi connectivity index (χ0n) is 11.4. The molecule has 0 saturated carbocycles. The van der Waals surface area contributed by atoms with E-state index in [2.05, 4.69) is 10.3 Å². The van der Waals surface area contributed by atoms with Gasteiger partial charge >= 0.3 is 0 Å². The number of hydrogen-bond donors (Lipinski definition) is 3. The SMILES string of the molecule is CCCOc1nc(NCCCOCCO)ccc1N. The Morgan fingerprint density at radius 2 is 2.16 bits per heavy atom. The van der Waals surface area contributed by atoms with Crippen molar-refractivity contribution in [2.24, 2.45) is 0 Å². The Kier molecular flexibility index (Phi) is 7.69. The Hall–Kier alpha value is -1.53. The van der Waals surface area contributed by atoms with Crippen molar-refractivity contribution in [3.05, 3.63) is 12.1 Å². The molecule has 0 aliphatic carbocycles. The van der Waals surface area contributed by atoms with Crippen LogP contribution in [0.3, 0.4) is 0 Å². The van der Waals surface area contributed by atoms with E-state index in [-0.39, 0.29) is 6.61 Å². The summed E-state index contributed by atoms with van der Waals surface area (Å²) in [6.07, 6.45) is 1.76. The summed E-state index contributed by atoms with van der Waals surface area (Å²) in [6.45, 7) is 4.44. The van der Waals surface area contributed by atoms with Gasteiger partial charge in [0.25, 0.3) is 0 Å². The maximum absolute atomic E-state index is 8.55. The van der Waals surface area contributed by atoms with Gasteiger partial charge in [0.1, 0.15) is 5.82 Å². The van der Waals surface area contributed by atoms with E-state index in [1.807, 2.05) is 13.0 Å². The quantitative estimate of drug-likeness (QED) is 0.554. The maximum atomic E-state index is 8.55. The highest BCUT2D eigenvalue weighted by atomic mass is 16.5. The lowest BCUT2D eigenvalue weighted by molar-refractivity contribution is 0.0922. The molecule has 6 heteroatoms. The smallest absolute Gasteiger partial charge is 0.239 e. The predicted molar refractivity (Wildman–Crippen MR) is 75.4 cm³/mol. The number of aliphatic hydroxyl groups excluding tert-OH is 1. The number of hydrogen-bond acceptors (Lipinski definition) is 6. The van der Waals surface area contributed by atoms with Gasteiger partial charge in [-0.15, -0.1) is 0 Å². The Bertz CT molecular complexity index is 361. The molecule has 108 valence electrons. The molecule has 1 aromatic rings. The fourth-order valence-electron chi connectivity index (χ4n) is 1.42. The van der Waals surface area contributed by atoms with Crippen LogP contribution in [0.4, 0.5) is 11.5 Å². The standard InChI is InChI=1S/C13H23N3O3/c1-2-8-19-13-11(14)4-5-12(16-13)15-6-3-9-18-10-7-17/h4-5,17H,2-3,6-10,14H2,1H3,(H,15,16). The van der Waals surface area contributed by atoms with Crippen LogP contribution in [0.1, 0.15) is 19.8 Å². The van der Waals surface area contributed by atoms with Crippen molar-refractivity contribution in [1.82, 2.24) is 4.98 Å². The number of aliphatic hydroxyl groups is 1. The van der Waals surface area contributed by atoms with E-state index < -0.39 is 0 Å². The van der Waals surface area contributed by atoms with Crippen LogP contribution in [0.25, 0.3) is 0 Å².